The van der Waals surface area contributed by atoms with Crippen LogP contribution in [0.2, 0.25) is 0 Å². The second kappa shape index (κ2) is 10.4. The first-order chi connectivity index (χ1) is 24.0. The van der Waals surface area contributed by atoms with Gasteiger partial charge in [-0.15, -0.1) is 0 Å². The molecule has 1 heterocycles. The lowest BCUT2D eigenvalue weighted by atomic mass is 9.82. The molecule has 0 N–H and O–H groups in total. The van der Waals surface area contributed by atoms with E-state index in [-0.39, 0.29) is 5.41 Å². The van der Waals surface area contributed by atoms with Gasteiger partial charge < -0.3 is 9.32 Å². The number of benzene rings is 8. The molecule has 2 nitrogen and oxygen atoms in total. The van der Waals surface area contributed by atoms with Gasteiger partial charge in [0.15, 0.2) is 0 Å². The Bertz CT molecular complexity index is 2750. The van der Waals surface area contributed by atoms with Gasteiger partial charge in [-0.25, -0.2) is 0 Å². The van der Waals surface area contributed by atoms with Crippen molar-refractivity contribution in [2.24, 2.45) is 0 Å². The lowest BCUT2D eigenvalue weighted by Gasteiger charge is -2.30. The summed E-state index contributed by atoms with van der Waals surface area (Å²) in [5.41, 5.74) is 12.5. The predicted molar refractivity (Wildman–Crippen MR) is 206 cm³/mol. The molecule has 0 radical (unpaired) electrons. The van der Waals surface area contributed by atoms with Crippen LogP contribution in [0.4, 0.5) is 17.1 Å². The van der Waals surface area contributed by atoms with Crippen molar-refractivity contribution in [2.45, 2.75) is 19.3 Å². The van der Waals surface area contributed by atoms with E-state index >= 15 is 0 Å². The zero-order chi connectivity index (χ0) is 32.7. The van der Waals surface area contributed by atoms with E-state index in [4.69, 9.17) is 4.42 Å². The second-order valence-corrected chi connectivity index (χ2v) is 13.8. The van der Waals surface area contributed by atoms with E-state index < -0.39 is 0 Å². The predicted octanol–water partition coefficient (Wildman–Crippen LogP) is 13.3. The smallest absolute Gasteiger partial charge is 0.145 e. The van der Waals surface area contributed by atoms with E-state index in [1.54, 1.807) is 0 Å². The number of anilines is 3. The van der Waals surface area contributed by atoms with E-state index in [2.05, 4.69) is 183 Å². The normalized spacial score (nSPS) is 13.3. The van der Waals surface area contributed by atoms with Crippen LogP contribution in [-0.2, 0) is 5.41 Å². The number of nitrogens with zero attached hydrogens (tertiary/aromatic N) is 1. The van der Waals surface area contributed by atoms with Crippen LogP contribution in [0.15, 0.2) is 168 Å². The maximum absolute atomic E-state index is 6.90. The van der Waals surface area contributed by atoms with Crippen LogP contribution in [-0.4, -0.2) is 0 Å². The Morgan fingerprint density at radius 2 is 1.10 bits per heavy atom. The number of rotatable bonds is 4. The van der Waals surface area contributed by atoms with Crippen LogP contribution in [0.25, 0.3) is 65.7 Å². The molecule has 0 saturated heterocycles. The third-order valence-electron chi connectivity index (χ3n) is 10.6. The lowest BCUT2D eigenvalue weighted by Crippen LogP contribution is -2.17. The van der Waals surface area contributed by atoms with Gasteiger partial charge in [0, 0.05) is 33.1 Å². The van der Waals surface area contributed by atoms with Gasteiger partial charge in [0.05, 0.1) is 5.69 Å². The van der Waals surface area contributed by atoms with Crippen molar-refractivity contribution in [3.05, 3.63) is 175 Å². The molecule has 232 valence electrons. The van der Waals surface area contributed by atoms with E-state index in [0.717, 1.165) is 50.1 Å². The Hall–Kier alpha value is -6.12. The van der Waals surface area contributed by atoms with Crippen LogP contribution in [0.5, 0.6) is 0 Å². The van der Waals surface area contributed by atoms with Crippen LogP contribution < -0.4 is 4.90 Å². The summed E-state index contributed by atoms with van der Waals surface area (Å²) in [6.45, 7) is 4.70. The summed E-state index contributed by atoms with van der Waals surface area (Å²) in [7, 11) is 0. The van der Waals surface area contributed by atoms with E-state index in [0.29, 0.717) is 0 Å². The van der Waals surface area contributed by atoms with Gasteiger partial charge in [-0.05, 0) is 97.9 Å². The lowest BCUT2D eigenvalue weighted by molar-refractivity contribution is 0.660. The molecular weight excluding hydrogens is 595 g/mol. The van der Waals surface area contributed by atoms with Gasteiger partial charge in [0.25, 0.3) is 0 Å². The van der Waals surface area contributed by atoms with Gasteiger partial charge in [0.1, 0.15) is 11.2 Å². The minimum Gasteiger partial charge on any atom is -0.455 e. The molecule has 1 aliphatic rings. The first-order valence-corrected chi connectivity index (χ1v) is 17.0. The number of hydrogen-bond donors (Lipinski definition) is 0. The molecule has 0 unspecified atom stereocenters. The highest BCUT2D eigenvalue weighted by Gasteiger charge is 2.36. The van der Waals surface area contributed by atoms with Crippen LogP contribution in [0.1, 0.15) is 25.0 Å². The van der Waals surface area contributed by atoms with Crippen molar-refractivity contribution in [3.63, 3.8) is 0 Å². The molecule has 0 fully saturated rings. The van der Waals surface area contributed by atoms with Crippen molar-refractivity contribution < 1.29 is 4.42 Å². The van der Waals surface area contributed by atoms with Crippen LogP contribution in [0, 0.1) is 0 Å². The highest BCUT2D eigenvalue weighted by Crippen LogP contribution is 2.52. The first kappa shape index (κ1) is 27.9. The van der Waals surface area contributed by atoms with Gasteiger partial charge in [-0.2, -0.15) is 0 Å². The third kappa shape index (κ3) is 4.20. The van der Waals surface area contributed by atoms with Crippen LogP contribution in [0.3, 0.4) is 0 Å². The largest absolute Gasteiger partial charge is 0.455 e. The summed E-state index contributed by atoms with van der Waals surface area (Å²) < 4.78 is 6.90. The molecular formula is C47H33NO. The molecule has 8 aromatic carbocycles. The van der Waals surface area contributed by atoms with Crippen LogP contribution >= 0.6 is 0 Å². The molecule has 0 saturated carbocycles. The summed E-state index contributed by atoms with van der Waals surface area (Å²) >= 11 is 0. The second-order valence-electron chi connectivity index (χ2n) is 13.8. The van der Waals surface area contributed by atoms with Crippen molar-refractivity contribution in [1.29, 1.82) is 0 Å². The number of furan rings is 1. The maximum Gasteiger partial charge on any atom is 0.145 e. The standard InChI is InChI=1S/C47H33NO/c1-47(2)41-19-11-10-18-37(41)38-23-22-36(29-42(38)47)48(35-21-20-30-12-6-7-15-32(30)26-35)43-25-24-39-40-27-33-16-8-9-17-34(33)28-44(40)49-46(39)45(43)31-13-4-3-5-14-31/h3-29H,1-2H3. The Kier molecular flexibility index (Phi) is 5.95. The van der Waals surface area contributed by atoms with E-state index in [9.17, 15) is 0 Å². The summed E-state index contributed by atoms with van der Waals surface area (Å²) in [6, 6.07) is 59.5. The Labute approximate surface area is 285 Å². The van der Waals surface area contributed by atoms with Crippen molar-refractivity contribution >= 4 is 60.5 Å². The van der Waals surface area contributed by atoms with Crippen molar-refractivity contribution in [2.75, 3.05) is 4.90 Å². The van der Waals surface area contributed by atoms with Crippen molar-refractivity contribution in [3.8, 4) is 22.3 Å². The number of fused-ring (bicyclic) bond motifs is 8. The van der Waals surface area contributed by atoms with Gasteiger partial charge in [-0.3, -0.25) is 0 Å². The summed E-state index contributed by atoms with van der Waals surface area (Å²) in [6.07, 6.45) is 0. The summed E-state index contributed by atoms with van der Waals surface area (Å²) in [5, 5.41) is 7.06. The minimum atomic E-state index is -0.121. The van der Waals surface area contributed by atoms with Gasteiger partial charge in [-0.1, -0.05) is 129 Å². The molecule has 9 aromatic rings. The molecule has 10 rings (SSSR count). The Balaban J connectivity index is 1.28. The Morgan fingerprint density at radius 3 is 1.92 bits per heavy atom. The summed E-state index contributed by atoms with van der Waals surface area (Å²) in [4.78, 5) is 2.43. The molecule has 2 heteroatoms. The first-order valence-electron chi connectivity index (χ1n) is 17.0. The molecule has 0 aliphatic heterocycles. The highest BCUT2D eigenvalue weighted by atomic mass is 16.3. The number of hydrogen-bond acceptors (Lipinski definition) is 2. The van der Waals surface area contributed by atoms with E-state index in [1.165, 1.54) is 43.8 Å². The molecule has 0 spiro atoms. The fourth-order valence-electron chi connectivity index (χ4n) is 8.16. The molecule has 1 aromatic heterocycles. The minimum absolute atomic E-state index is 0.121. The molecule has 0 amide bonds. The zero-order valence-corrected chi connectivity index (χ0v) is 27.4. The fourth-order valence-corrected chi connectivity index (χ4v) is 8.16. The monoisotopic (exact) mass is 627 g/mol. The Morgan fingerprint density at radius 1 is 0.469 bits per heavy atom. The third-order valence-corrected chi connectivity index (χ3v) is 10.6. The molecule has 49 heavy (non-hydrogen) atoms. The SMILES string of the molecule is CC1(C)c2ccccc2-c2ccc(N(c3ccc4ccccc4c3)c3ccc4c(oc5cc6ccccc6cc54)c3-c3ccccc3)cc21. The zero-order valence-electron chi connectivity index (χ0n) is 27.4. The highest BCUT2D eigenvalue weighted by molar-refractivity contribution is 6.16. The van der Waals surface area contributed by atoms with Crippen molar-refractivity contribution in [1.82, 2.24) is 0 Å². The quantitative estimate of drug-likeness (QED) is 0.193. The summed E-state index contributed by atoms with van der Waals surface area (Å²) in [5.74, 6) is 0. The molecule has 0 bridgehead atoms. The maximum atomic E-state index is 6.90. The molecule has 1 aliphatic carbocycles. The molecule has 0 atom stereocenters. The fraction of sp³-hybridized carbons (Fsp3) is 0.0638. The van der Waals surface area contributed by atoms with Gasteiger partial charge in [0.2, 0.25) is 0 Å². The van der Waals surface area contributed by atoms with Gasteiger partial charge >= 0.3 is 0 Å². The average molecular weight is 628 g/mol. The van der Waals surface area contributed by atoms with E-state index in [1.807, 2.05) is 0 Å². The average Bonchev–Trinajstić information content (AvgIpc) is 3.62. The topological polar surface area (TPSA) is 16.4 Å².